The Bertz CT molecular complexity index is 3720. The Hall–Kier alpha value is -7.04. The van der Waals surface area contributed by atoms with E-state index in [1.807, 2.05) is 24.4 Å². The Morgan fingerprint density at radius 1 is 0.587 bits per heavy atom. The highest BCUT2D eigenvalue weighted by atomic mass is 16.5. The van der Waals surface area contributed by atoms with Gasteiger partial charge >= 0.3 is 11.7 Å². The summed E-state index contributed by atoms with van der Waals surface area (Å²) in [6, 6.07) is 45.4. The standard InChI is InChI=1S/C59H51N3O/c1-36-21-23-38(24-22-36)41-29-30-60-51(32-41)49-34-43(58(6,7)8)33-48-44-18-14-19-50-55(44)62-56(45-17-12-13-20-53(45)63-59(60,62)54(48)49)61(50)52-31-37(2)46(39-15-10-9-11-16-39)35-47(52)40-25-27-42(28-26-40)57(3,4)5/h9-35H,1-8H3/q+2/i1D3,21D,22D,23D,24D. The molecule has 7 aromatic carbocycles. The van der Waals surface area contributed by atoms with Gasteiger partial charge in [0.25, 0.3) is 0 Å². The molecule has 0 saturated carbocycles. The van der Waals surface area contributed by atoms with Crippen LogP contribution in [0.15, 0.2) is 164 Å². The van der Waals surface area contributed by atoms with Crippen LogP contribution in [0.2, 0.25) is 0 Å². The molecule has 0 aliphatic carbocycles. The van der Waals surface area contributed by atoms with Gasteiger partial charge in [-0.05, 0) is 118 Å². The monoisotopic (exact) mass is 824 g/mol. The highest BCUT2D eigenvalue weighted by Gasteiger charge is 2.68. The molecule has 12 rings (SSSR count). The molecule has 2 aromatic heterocycles. The van der Waals surface area contributed by atoms with Crippen molar-refractivity contribution in [2.45, 2.75) is 72.0 Å². The largest absolute Gasteiger partial charge is 0.499 e. The molecule has 0 N–H and O–H groups in total. The van der Waals surface area contributed by atoms with Gasteiger partial charge in [-0.1, -0.05) is 144 Å². The van der Waals surface area contributed by atoms with Gasteiger partial charge in [0.1, 0.15) is 22.6 Å². The molecule has 0 amide bonds. The molecular formula is C59H51N3O+2. The van der Waals surface area contributed by atoms with Crippen molar-refractivity contribution in [2.24, 2.45) is 0 Å². The quantitative estimate of drug-likeness (QED) is 0.162. The van der Waals surface area contributed by atoms with Crippen LogP contribution in [0.25, 0.3) is 83.9 Å². The van der Waals surface area contributed by atoms with Gasteiger partial charge in [0.2, 0.25) is 5.69 Å². The van der Waals surface area contributed by atoms with Crippen LogP contribution in [-0.2, 0) is 16.7 Å². The van der Waals surface area contributed by atoms with Crippen LogP contribution < -0.4 is 13.9 Å². The molecule has 63 heavy (non-hydrogen) atoms. The van der Waals surface area contributed by atoms with Crippen LogP contribution in [0, 0.1) is 13.8 Å². The number of nitrogens with zero attached hydrogens (tertiary/aromatic N) is 3. The first kappa shape index (κ1) is 30.9. The fraction of sp³-hybridized carbons (Fsp3) is 0.186. The smallest absolute Gasteiger partial charge is 0.392 e. The number of aryl methyl sites for hydroxylation is 1. The van der Waals surface area contributed by atoms with E-state index in [9.17, 15) is 0 Å². The van der Waals surface area contributed by atoms with E-state index in [4.69, 9.17) is 14.3 Å². The first-order valence-corrected chi connectivity index (χ1v) is 21.8. The molecule has 4 heteroatoms. The molecule has 5 heterocycles. The molecule has 1 spiro atoms. The van der Waals surface area contributed by atoms with E-state index in [0.29, 0.717) is 11.3 Å². The summed E-state index contributed by atoms with van der Waals surface area (Å²) in [5, 5.41) is 0. The maximum atomic E-state index is 9.13. The summed E-state index contributed by atoms with van der Waals surface area (Å²) in [5.41, 5.74) is 16.2. The van der Waals surface area contributed by atoms with E-state index in [0.717, 1.165) is 89.4 Å². The van der Waals surface area contributed by atoms with Crippen molar-refractivity contribution in [3.05, 3.63) is 192 Å². The van der Waals surface area contributed by atoms with Crippen molar-refractivity contribution in [3.63, 3.8) is 0 Å². The first-order valence-electron chi connectivity index (χ1n) is 25.3. The van der Waals surface area contributed by atoms with Crippen molar-refractivity contribution in [3.8, 4) is 78.6 Å². The van der Waals surface area contributed by atoms with Gasteiger partial charge < -0.3 is 4.74 Å². The van der Waals surface area contributed by atoms with E-state index < -0.39 is 42.4 Å². The predicted octanol–water partition coefficient (Wildman–Crippen LogP) is 13.6. The maximum Gasteiger partial charge on any atom is 0.499 e. The van der Waals surface area contributed by atoms with Gasteiger partial charge in [-0.3, -0.25) is 0 Å². The molecule has 1 atom stereocenters. The number of pyridine rings is 1. The summed E-state index contributed by atoms with van der Waals surface area (Å²) in [7, 11) is 0. The molecule has 0 fully saturated rings. The lowest BCUT2D eigenvalue weighted by molar-refractivity contribution is -0.997. The SMILES string of the molecule is [2H]c1c([2H])c(C([2H])([2H])[2H])c([2H])c([2H])c1-c1cc[n+]2c(c1)-c1cc(C(C)(C)C)cc3c1C21Oc2ccccc2-c2n(-c4cc(C)c(-c5ccccc5)cc4-c4ccc(C(C)(C)C)cc4)c4cccc-3c4[n+]21. The van der Waals surface area contributed by atoms with Crippen molar-refractivity contribution in [1.29, 1.82) is 0 Å². The van der Waals surface area contributed by atoms with Crippen LogP contribution in [0.4, 0.5) is 0 Å². The van der Waals surface area contributed by atoms with Crippen LogP contribution in [0.5, 0.6) is 5.75 Å². The topological polar surface area (TPSA) is 21.9 Å². The van der Waals surface area contributed by atoms with E-state index in [1.54, 1.807) is 6.07 Å². The molecule has 0 bridgehead atoms. The molecule has 3 aliphatic heterocycles. The zero-order chi connectivity index (χ0) is 49.1. The fourth-order valence-electron chi connectivity index (χ4n) is 10.3. The molecule has 0 radical (unpaired) electrons. The van der Waals surface area contributed by atoms with Crippen molar-refractivity contribution in [1.82, 2.24) is 4.57 Å². The van der Waals surface area contributed by atoms with Gasteiger partial charge in [0, 0.05) is 32.9 Å². The van der Waals surface area contributed by atoms with Gasteiger partial charge in [-0.15, -0.1) is 9.13 Å². The Labute approximate surface area is 380 Å². The number of ether oxygens (including phenoxy) is 1. The number of hydrogen-bond acceptors (Lipinski definition) is 1. The van der Waals surface area contributed by atoms with Crippen molar-refractivity contribution in [2.75, 3.05) is 0 Å². The highest BCUT2D eigenvalue weighted by Crippen LogP contribution is 2.54. The lowest BCUT2D eigenvalue weighted by Gasteiger charge is -2.33. The Morgan fingerprint density at radius 2 is 1.29 bits per heavy atom. The normalized spacial score (nSPS) is 17.3. The summed E-state index contributed by atoms with van der Waals surface area (Å²) in [4.78, 5) is 0. The van der Waals surface area contributed by atoms with Crippen LogP contribution >= 0.6 is 0 Å². The Balaban J connectivity index is 1.21. The van der Waals surface area contributed by atoms with Crippen molar-refractivity contribution >= 4 is 11.0 Å². The molecule has 4 nitrogen and oxygen atoms in total. The number of rotatable bonds is 4. The van der Waals surface area contributed by atoms with Gasteiger partial charge in [0.15, 0.2) is 17.2 Å². The summed E-state index contributed by atoms with van der Waals surface area (Å²) < 4.78 is 74.6. The lowest BCUT2D eigenvalue weighted by Crippen LogP contribution is -2.78. The van der Waals surface area contributed by atoms with Gasteiger partial charge in [-0.2, -0.15) is 4.57 Å². The minimum Gasteiger partial charge on any atom is -0.392 e. The number of hydrogen-bond donors (Lipinski definition) is 0. The zero-order valence-electron chi connectivity index (χ0n) is 43.5. The summed E-state index contributed by atoms with van der Waals surface area (Å²) in [6.07, 6.45) is 1.93. The molecule has 3 aliphatic rings. The molecule has 0 saturated heterocycles. The van der Waals surface area contributed by atoms with Crippen LogP contribution in [0.1, 0.15) is 79.0 Å². The second-order valence-electron chi connectivity index (χ2n) is 19.4. The Morgan fingerprint density at radius 3 is 2.03 bits per heavy atom. The number of imidazole rings is 1. The average Bonchev–Trinajstić information content (AvgIpc) is 3.81. The molecule has 9 aromatic rings. The van der Waals surface area contributed by atoms with E-state index in [1.165, 1.54) is 5.56 Å². The zero-order valence-corrected chi connectivity index (χ0v) is 36.5. The highest BCUT2D eigenvalue weighted by molar-refractivity contribution is 5.99. The second kappa shape index (κ2) is 13.0. The number of aromatic nitrogens is 3. The van der Waals surface area contributed by atoms with Gasteiger partial charge in [-0.25, -0.2) is 0 Å². The third-order valence-corrected chi connectivity index (χ3v) is 13.4. The predicted molar refractivity (Wildman–Crippen MR) is 256 cm³/mol. The minimum atomic E-state index is -2.83. The van der Waals surface area contributed by atoms with E-state index in [-0.39, 0.29) is 16.4 Å². The lowest BCUT2D eigenvalue weighted by atomic mass is 9.80. The molecular weight excluding hydrogens is 767 g/mol. The molecule has 1 unspecified atom stereocenters. The van der Waals surface area contributed by atoms with Gasteiger partial charge in [0.05, 0.1) is 11.0 Å². The van der Waals surface area contributed by atoms with Crippen molar-refractivity contribution < 1.29 is 23.5 Å². The number of para-hydroxylation sites is 2. The summed E-state index contributed by atoms with van der Waals surface area (Å²) >= 11 is 0. The average molecular weight is 825 g/mol. The summed E-state index contributed by atoms with van der Waals surface area (Å²) in [6.45, 7) is 12.7. The maximum absolute atomic E-state index is 9.13. The number of fused-ring (bicyclic) bond motifs is 5. The fourth-order valence-corrected chi connectivity index (χ4v) is 10.3. The summed E-state index contributed by atoms with van der Waals surface area (Å²) in [5.74, 6) is 0.332. The second-order valence-corrected chi connectivity index (χ2v) is 19.4. The van der Waals surface area contributed by atoms with Crippen LogP contribution in [0.3, 0.4) is 0 Å². The van der Waals surface area contributed by atoms with Crippen LogP contribution in [-0.4, -0.2) is 4.57 Å². The third kappa shape index (κ3) is 5.34. The number of benzene rings is 7. The van der Waals surface area contributed by atoms with E-state index in [2.05, 4.69) is 171 Å². The minimum absolute atomic E-state index is 0.0248. The Kier molecular flexibility index (Phi) is 6.38. The molecule has 306 valence electrons. The third-order valence-electron chi connectivity index (χ3n) is 13.4. The first-order chi connectivity index (χ1) is 33.2. The van der Waals surface area contributed by atoms with E-state index >= 15 is 0 Å².